The Kier molecular flexibility index (Phi) is 4.23. The van der Waals surface area contributed by atoms with Crippen LogP contribution >= 0.6 is 11.6 Å². The Morgan fingerprint density at radius 3 is 2.85 bits per heavy atom. The van der Waals surface area contributed by atoms with Crippen molar-refractivity contribution >= 4 is 11.6 Å². The van der Waals surface area contributed by atoms with E-state index in [0.717, 1.165) is 29.2 Å². The second-order valence-electron chi connectivity index (χ2n) is 5.05. The lowest BCUT2D eigenvalue weighted by atomic mass is 10.0. The van der Waals surface area contributed by atoms with E-state index in [1.165, 1.54) is 12.8 Å². The molecule has 0 saturated carbocycles. The summed E-state index contributed by atoms with van der Waals surface area (Å²) in [4.78, 5) is 7.18. The fourth-order valence-electron chi connectivity index (χ4n) is 2.40. The Hall–Kier alpha value is -1.52. The third-order valence-electron chi connectivity index (χ3n) is 3.53. The summed E-state index contributed by atoms with van der Waals surface area (Å²) >= 11 is 5.85. The molecule has 5 heteroatoms. The standard InChI is InChI=1S/C15H18ClN3O/c16-13-6-4-12(5-7-13)11-20-19-10-8-15(18-19)14-3-1-2-9-17-14/h4-8,10,14,17H,1-3,9,11H2. The van der Waals surface area contributed by atoms with Crippen molar-refractivity contribution in [2.75, 3.05) is 6.54 Å². The van der Waals surface area contributed by atoms with Gasteiger partial charge in [0.1, 0.15) is 6.61 Å². The number of nitrogens with zero attached hydrogens (tertiary/aromatic N) is 2. The molecule has 0 amide bonds. The van der Waals surface area contributed by atoms with Gasteiger partial charge in [0.15, 0.2) is 0 Å². The van der Waals surface area contributed by atoms with Gasteiger partial charge in [0.2, 0.25) is 0 Å². The lowest BCUT2D eigenvalue weighted by Crippen LogP contribution is -2.27. The van der Waals surface area contributed by atoms with Gasteiger partial charge in [-0.05, 0) is 43.1 Å². The molecule has 0 aliphatic carbocycles. The molecule has 1 unspecified atom stereocenters. The van der Waals surface area contributed by atoms with Gasteiger partial charge in [-0.2, -0.15) is 0 Å². The van der Waals surface area contributed by atoms with Crippen molar-refractivity contribution in [1.82, 2.24) is 15.3 Å². The van der Waals surface area contributed by atoms with Crippen LogP contribution in [0.1, 0.15) is 36.6 Å². The van der Waals surface area contributed by atoms with Crippen molar-refractivity contribution in [3.8, 4) is 0 Å². The monoisotopic (exact) mass is 291 g/mol. The van der Waals surface area contributed by atoms with Crippen LogP contribution in [0.2, 0.25) is 5.02 Å². The number of nitrogens with one attached hydrogen (secondary N) is 1. The zero-order valence-corrected chi connectivity index (χ0v) is 12.0. The zero-order chi connectivity index (χ0) is 13.8. The number of aromatic nitrogens is 2. The Morgan fingerprint density at radius 2 is 2.10 bits per heavy atom. The maximum Gasteiger partial charge on any atom is 0.142 e. The highest BCUT2D eigenvalue weighted by Crippen LogP contribution is 2.20. The lowest BCUT2D eigenvalue weighted by molar-refractivity contribution is 0.0685. The smallest absolute Gasteiger partial charge is 0.142 e. The van der Waals surface area contributed by atoms with Gasteiger partial charge in [0.25, 0.3) is 0 Å². The largest absolute Gasteiger partial charge is 0.392 e. The van der Waals surface area contributed by atoms with E-state index in [4.69, 9.17) is 16.4 Å². The number of rotatable bonds is 4. The van der Waals surface area contributed by atoms with E-state index in [2.05, 4.69) is 10.4 Å². The molecule has 1 aromatic carbocycles. The van der Waals surface area contributed by atoms with Crippen LogP contribution in [-0.4, -0.2) is 16.5 Å². The van der Waals surface area contributed by atoms with Crippen molar-refractivity contribution < 1.29 is 4.84 Å². The topological polar surface area (TPSA) is 39.1 Å². The van der Waals surface area contributed by atoms with Gasteiger partial charge in [0, 0.05) is 5.02 Å². The van der Waals surface area contributed by atoms with E-state index in [1.807, 2.05) is 36.5 Å². The van der Waals surface area contributed by atoms with Gasteiger partial charge >= 0.3 is 0 Å². The summed E-state index contributed by atoms with van der Waals surface area (Å²) in [6, 6.07) is 10.0. The molecule has 0 spiro atoms. The van der Waals surface area contributed by atoms with Crippen molar-refractivity contribution in [3.63, 3.8) is 0 Å². The van der Waals surface area contributed by atoms with Crippen LogP contribution in [-0.2, 0) is 6.61 Å². The van der Waals surface area contributed by atoms with Crippen LogP contribution in [0.25, 0.3) is 0 Å². The highest BCUT2D eigenvalue weighted by molar-refractivity contribution is 6.30. The Labute approximate surface area is 123 Å². The minimum Gasteiger partial charge on any atom is -0.392 e. The van der Waals surface area contributed by atoms with Crippen LogP contribution < -0.4 is 10.2 Å². The number of hydrogen-bond acceptors (Lipinski definition) is 3. The van der Waals surface area contributed by atoms with Gasteiger partial charge in [-0.15, -0.1) is 9.94 Å². The van der Waals surface area contributed by atoms with Gasteiger partial charge in [-0.25, -0.2) is 0 Å². The summed E-state index contributed by atoms with van der Waals surface area (Å²) in [5.41, 5.74) is 2.13. The summed E-state index contributed by atoms with van der Waals surface area (Å²) in [7, 11) is 0. The first-order valence-electron chi connectivity index (χ1n) is 6.98. The number of hydrogen-bond donors (Lipinski definition) is 1. The fraction of sp³-hybridized carbons (Fsp3) is 0.400. The van der Waals surface area contributed by atoms with E-state index < -0.39 is 0 Å². The number of piperidine rings is 1. The van der Waals surface area contributed by atoms with Gasteiger partial charge < -0.3 is 10.2 Å². The summed E-state index contributed by atoms with van der Waals surface area (Å²) in [6.45, 7) is 1.56. The van der Waals surface area contributed by atoms with E-state index in [1.54, 1.807) is 4.85 Å². The van der Waals surface area contributed by atoms with E-state index in [-0.39, 0.29) is 0 Å². The van der Waals surface area contributed by atoms with Gasteiger partial charge in [-0.1, -0.05) is 30.2 Å². The molecule has 2 aromatic rings. The Bertz CT molecular complexity index is 547. The van der Waals surface area contributed by atoms with E-state index in [0.29, 0.717) is 12.6 Å². The van der Waals surface area contributed by atoms with Gasteiger partial charge in [0.05, 0.1) is 17.9 Å². The average Bonchev–Trinajstić information content (AvgIpc) is 2.97. The molecule has 1 saturated heterocycles. The first kappa shape index (κ1) is 13.5. The summed E-state index contributed by atoms with van der Waals surface area (Å²) in [5.74, 6) is 0. The maximum atomic E-state index is 5.85. The quantitative estimate of drug-likeness (QED) is 0.941. The molecule has 3 rings (SSSR count). The number of benzene rings is 1. The average molecular weight is 292 g/mol. The Morgan fingerprint density at radius 1 is 1.25 bits per heavy atom. The summed E-state index contributed by atoms with van der Waals surface area (Å²) in [5, 5.41) is 8.69. The molecule has 1 aromatic heterocycles. The maximum absolute atomic E-state index is 5.85. The van der Waals surface area contributed by atoms with Crippen molar-refractivity contribution in [2.24, 2.45) is 0 Å². The van der Waals surface area contributed by atoms with Crippen LogP contribution in [0, 0.1) is 0 Å². The molecule has 0 radical (unpaired) electrons. The highest BCUT2D eigenvalue weighted by Gasteiger charge is 2.17. The molecular formula is C15H18ClN3O. The zero-order valence-electron chi connectivity index (χ0n) is 11.3. The van der Waals surface area contributed by atoms with Crippen LogP contribution in [0.3, 0.4) is 0 Å². The molecule has 4 nitrogen and oxygen atoms in total. The molecule has 1 fully saturated rings. The third kappa shape index (κ3) is 3.32. The first-order chi connectivity index (χ1) is 9.81. The third-order valence-corrected chi connectivity index (χ3v) is 3.78. The minimum absolute atomic E-state index is 0.365. The normalized spacial score (nSPS) is 18.9. The second kappa shape index (κ2) is 6.29. The molecular weight excluding hydrogens is 274 g/mol. The predicted octanol–water partition coefficient (Wildman–Crippen LogP) is 2.98. The molecule has 1 aliphatic rings. The SMILES string of the molecule is Clc1ccc(COn2ccc(C3CCCCN3)n2)cc1. The van der Waals surface area contributed by atoms with E-state index >= 15 is 0 Å². The van der Waals surface area contributed by atoms with Crippen molar-refractivity contribution in [2.45, 2.75) is 31.9 Å². The molecule has 2 heterocycles. The second-order valence-corrected chi connectivity index (χ2v) is 5.48. The number of halogens is 1. The van der Waals surface area contributed by atoms with Crippen LogP contribution in [0.15, 0.2) is 36.5 Å². The Balaban J connectivity index is 1.58. The van der Waals surface area contributed by atoms with Gasteiger partial charge in [-0.3, -0.25) is 0 Å². The van der Waals surface area contributed by atoms with Crippen LogP contribution in [0.5, 0.6) is 0 Å². The summed E-state index contributed by atoms with van der Waals surface area (Å²) in [6.07, 6.45) is 5.52. The molecule has 1 atom stereocenters. The summed E-state index contributed by atoms with van der Waals surface area (Å²) < 4.78 is 0. The van der Waals surface area contributed by atoms with Crippen LogP contribution in [0.4, 0.5) is 0 Å². The molecule has 1 N–H and O–H groups in total. The van der Waals surface area contributed by atoms with Crippen molar-refractivity contribution in [1.29, 1.82) is 0 Å². The lowest BCUT2D eigenvalue weighted by Gasteiger charge is -2.21. The molecule has 0 bridgehead atoms. The minimum atomic E-state index is 0.365. The molecule has 106 valence electrons. The predicted molar refractivity (Wildman–Crippen MR) is 78.6 cm³/mol. The van der Waals surface area contributed by atoms with E-state index in [9.17, 15) is 0 Å². The van der Waals surface area contributed by atoms with Crippen molar-refractivity contribution in [3.05, 3.63) is 52.8 Å². The fourth-order valence-corrected chi connectivity index (χ4v) is 2.53. The molecule has 1 aliphatic heterocycles. The highest BCUT2D eigenvalue weighted by atomic mass is 35.5. The first-order valence-corrected chi connectivity index (χ1v) is 7.36. The molecule has 20 heavy (non-hydrogen) atoms.